The number of benzene rings is 2. The Labute approximate surface area is 148 Å². The minimum absolute atomic E-state index is 0.524. The van der Waals surface area contributed by atoms with Crippen LogP contribution in [0.4, 0.5) is 5.82 Å². The zero-order chi connectivity index (χ0) is 17.2. The fourth-order valence-electron chi connectivity index (χ4n) is 3.22. The molecule has 4 nitrogen and oxygen atoms in total. The van der Waals surface area contributed by atoms with Crippen LogP contribution in [0.5, 0.6) is 0 Å². The van der Waals surface area contributed by atoms with Gasteiger partial charge in [-0.25, -0.2) is 9.97 Å². The smallest absolute Gasteiger partial charge is 0.162 e. The SMILES string of the molecule is CC(C)c1ccc(-c2nc(N3CCOCC3)c3ccccc3n2)cc1. The third kappa shape index (κ3) is 3.22. The summed E-state index contributed by atoms with van der Waals surface area (Å²) in [4.78, 5) is 12.0. The van der Waals surface area contributed by atoms with Crippen LogP contribution in [-0.4, -0.2) is 36.3 Å². The Morgan fingerprint density at radius 2 is 1.64 bits per heavy atom. The molecule has 128 valence electrons. The van der Waals surface area contributed by atoms with Crippen LogP contribution in [0.15, 0.2) is 48.5 Å². The van der Waals surface area contributed by atoms with Gasteiger partial charge in [-0.15, -0.1) is 0 Å². The molecule has 4 rings (SSSR count). The molecular formula is C21H23N3O. The molecule has 1 aliphatic heterocycles. The zero-order valence-corrected chi connectivity index (χ0v) is 14.8. The van der Waals surface area contributed by atoms with Gasteiger partial charge in [-0.2, -0.15) is 0 Å². The van der Waals surface area contributed by atoms with Gasteiger partial charge in [0, 0.05) is 24.0 Å². The molecule has 2 aromatic carbocycles. The van der Waals surface area contributed by atoms with Crippen molar-refractivity contribution in [2.75, 3.05) is 31.2 Å². The molecule has 0 amide bonds. The number of ether oxygens (including phenoxy) is 1. The molecule has 0 radical (unpaired) electrons. The molecule has 1 saturated heterocycles. The normalized spacial score (nSPS) is 15.1. The highest BCUT2D eigenvalue weighted by atomic mass is 16.5. The van der Waals surface area contributed by atoms with Crippen molar-refractivity contribution in [1.29, 1.82) is 0 Å². The van der Waals surface area contributed by atoms with Crippen LogP contribution in [0.1, 0.15) is 25.3 Å². The Bertz CT molecular complexity index is 868. The number of para-hydroxylation sites is 1. The summed E-state index contributed by atoms with van der Waals surface area (Å²) in [6, 6.07) is 16.8. The molecule has 1 aromatic heterocycles. The number of aromatic nitrogens is 2. The molecule has 0 saturated carbocycles. The van der Waals surface area contributed by atoms with E-state index < -0.39 is 0 Å². The molecule has 0 unspecified atom stereocenters. The minimum atomic E-state index is 0.524. The highest BCUT2D eigenvalue weighted by Gasteiger charge is 2.17. The second-order valence-corrected chi connectivity index (χ2v) is 6.76. The van der Waals surface area contributed by atoms with E-state index in [2.05, 4.69) is 55.1 Å². The fourth-order valence-corrected chi connectivity index (χ4v) is 3.22. The highest BCUT2D eigenvalue weighted by molar-refractivity contribution is 5.91. The van der Waals surface area contributed by atoms with Gasteiger partial charge in [0.15, 0.2) is 5.82 Å². The molecule has 3 aromatic rings. The summed E-state index contributed by atoms with van der Waals surface area (Å²) in [5, 5.41) is 1.10. The molecule has 1 fully saturated rings. The van der Waals surface area contributed by atoms with Crippen LogP contribution in [0, 0.1) is 0 Å². The molecular weight excluding hydrogens is 310 g/mol. The van der Waals surface area contributed by atoms with Crippen LogP contribution in [0.25, 0.3) is 22.3 Å². The van der Waals surface area contributed by atoms with Crippen molar-refractivity contribution in [2.45, 2.75) is 19.8 Å². The predicted molar refractivity (Wildman–Crippen MR) is 102 cm³/mol. The largest absolute Gasteiger partial charge is 0.378 e. The fraction of sp³-hybridized carbons (Fsp3) is 0.333. The summed E-state index contributed by atoms with van der Waals surface area (Å²) in [5.41, 5.74) is 3.38. The van der Waals surface area contributed by atoms with E-state index >= 15 is 0 Å². The average Bonchev–Trinajstić information content (AvgIpc) is 2.68. The quantitative estimate of drug-likeness (QED) is 0.718. The number of nitrogens with zero attached hydrogens (tertiary/aromatic N) is 3. The maximum absolute atomic E-state index is 5.50. The summed E-state index contributed by atoms with van der Waals surface area (Å²) >= 11 is 0. The van der Waals surface area contributed by atoms with Crippen molar-refractivity contribution in [3.05, 3.63) is 54.1 Å². The number of hydrogen-bond donors (Lipinski definition) is 0. The summed E-state index contributed by atoms with van der Waals surface area (Å²) in [5.74, 6) is 2.32. The van der Waals surface area contributed by atoms with Gasteiger partial charge in [0.2, 0.25) is 0 Å². The molecule has 2 heterocycles. The molecule has 0 N–H and O–H groups in total. The lowest BCUT2D eigenvalue weighted by Crippen LogP contribution is -2.37. The van der Waals surface area contributed by atoms with Gasteiger partial charge in [-0.1, -0.05) is 50.2 Å². The van der Waals surface area contributed by atoms with Crippen LogP contribution < -0.4 is 4.90 Å². The van der Waals surface area contributed by atoms with Gasteiger partial charge >= 0.3 is 0 Å². The van der Waals surface area contributed by atoms with E-state index in [1.807, 2.05) is 12.1 Å². The first-order valence-electron chi connectivity index (χ1n) is 8.92. The lowest BCUT2D eigenvalue weighted by atomic mass is 10.0. The van der Waals surface area contributed by atoms with Gasteiger partial charge in [0.05, 0.1) is 18.7 Å². The molecule has 0 atom stereocenters. The second-order valence-electron chi connectivity index (χ2n) is 6.76. The topological polar surface area (TPSA) is 38.2 Å². The molecule has 0 bridgehead atoms. The highest BCUT2D eigenvalue weighted by Crippen LogP contribution is 2.28. The summed E-state index contributed by atoms with van der Waals surface area (Å²) in [6.45, 7) is 7.64. The van der Waals surface area contributed by atoms with Crippen LogP contribution in [0.3, 0.4) is 0 Å². The molecule has 0 aliphatic carbocycles. The molecule has 1 aliphatic rings. The molecule has 4 heteroatoms. The van der Waals surface area contributed by atoms with Crippen molar-refractivity contribution in [3.8, 4) is 11.4 Å². The van der Waals surface area contributed by atoms with Crippen molar-refractivity contribution >= 4 is 16.7 Å². The van der Waals surface area contributed by atoms with Gasteiger partial charge in [0.1, 0.15) is 5.82 Å². The third-order valence-electron chi connectivity index (χ3n) is 4.73. The van der Waals surface area contributed by atoms with Crippen molar-refractivity contribution in [2.24, 2.45) is 0 Å². The van der Waals surface area contributed by atoms with E-state index in [1.165, 1.54) is 5.56 Å². The molecule has 0 spiro atoms. The Hall–Kier alpha value is -2.46. The Kier molecular flexibility index (Phi) is 4.36. The van der Waals surface area contributed by atoms with Gasteiger partial charge in [0.25, 0.3) is 0 Å². The van der Waals surface area contributed by atoms with E-state index in [-0.39, 0.29) is 0 Å². The first kappa shape index (κ1) is 16.0. The van der Waals surface area contributed by atoms with Gasteiger partial charge in [-0.3, -0.25) is 0 Å². The lowest BCUT2D eigenvalue weighted by molar-refractivity contribution is 0.122. The van der Waals surface area contributed by atoms with E-state index in [0.29, 0.717) is 5.92 Å². The predicted octanol–water partition coefficient (Wildman–Crippen LogP) is 4.26. The van der Waals surface area contributed by atoms with Crippen LogP contribution in [-0.2, 0) is 4.74 Å². The van der Waals surface area contributed by atoms with Crippen molar-refractivity contribution in [1.82, 2.24) is 9.97 Å². The summed E-state index contributed by atoms with van der Waals surface area (Å²) in [6.07, 6.45) is 0. The van der Waals surface area contributed by atoms with E-state index in [9.17, 15) is 0 Å². The van der Waals surface area contributed by atoms with E-state index in [0.717, 1.165) is 54.4 Å². The van der Waals surface area contributed by atoms with Gasteiger partial charge < -0.3 is 9.64 Å². The first-order valence-corrected chi connectivity index (χ1v) is 8.92. The molecule has 25 heavy (non-hydrogen) atoms. The zero-order valence-electron chi connectivity index (χ0n) is 14.8. The van der Waals surface area contributed by atoms with Crippen molar-refractivity contribution in [3.63, 3.8) is 0 Å². The standard InChI is InChI=1S/C21H23N3O/c1-15(2)16-7-9-17(10-8-16)20-22-19-6-4-3-5-18(19)21(23-20)24-11-13-25-14-12-24/h3-10,15H,11-14H2,1-2H3. The minimum Gasteiger partial charge on any atom is -0.378 e. The van der Waals surface area contributed by atoms with E-state index in [4.69, 9.17) is 14.7 Å². The monoisotopic (exact) mass is 333 g/mol. The lowest BCUT2D eigenvalue weighted by Gasteiger charge is -2.29. The van der Waals surface area contributed by atoms with Crippen molar-refractivity contribution < 1.29 is 4.74 Å². The number of morpholine rings is 1. The number of fused-ring (bicyclic) bond motifs is 1. The Balaban J connectivity index is 1.81. The summed E-state index contributed by atoms with van der Waals surface area (Å²) in [7, 11) is 0. The Morgan fingerprint density at radius 1 is 0.920 bits per heavy atom. The van der Waals surface area contributed by atoms with Crippen LogP contribution >= 0.6 is 0 Å². The maximum Gasteiger partial charge on any atom is 0.162 e. The summed E-state index contributed by atoms with van der Waals surface area (Å²) < 4.78 is 5.50. The first-order chi connectivity index (χ1) is 12.2. The number of hydrogen-bond acceptors (Lipinski definition) is 4. The van der Waals surface area contributed by atoms with Crippen LogP contribution in [0.2, 0.25) is 0 Å². The number of rotatable bonds is 3. The average molecular weight is 333 g/mol. The van der Waals surface area contributed by atoms with Gasteiger partial charge in [-0.05, 0) is 23.6 Å². The number of anilines is 1. The second kappa shape index (κ2) is 6.81. The van der Waals surface area contributed by atoms with E-state index in [1.54, 1.807) is 0 Å². The maximum atomic E-state index is 5.50. The Morgan fingerprint density at radius 3 is 2.36 bits per heavy atom. The third-order valence-corrected chi connectivity index (χ3v) is 4.73.